The van der Waals surface area contributed by atoms with Crippen molar-refractivity contribution in [2.75, 3.05) is 40.5 Å². The highest BCUT2D eigenvalue weighted by Crippen LogP contribution is 2.22. The van der Waals surface area contributed by atoms with Crippen LogP contribution in [-0.2, 0) is 9.47 Å². The number of methoxy groups -OCH3 is 2. The number of hydrogen-bond donors (Lipinski definition) is 1. The number of nitrogens with one attached hydrogen (secondary N) is 1. The van der Waals surface area contributed by atoms with Crippen LogP contribution in [-0.4, -0.2) is 56.3 Å². The van der Waals surface area contributed by atoms with Crippen molar-refractivity contribution in [1.82, 2.24) is 9.88 Å². The van der Waals surface area contributed by atoms with Crippen LogP contribution >= 0.6 is 0 Å². The minimum Gasteiger partial charge on any atom is -0.383 e. The first-order valence-electron chi connectivity index (χ1n) is 9.55. The van der Waals surface area contributed by atoms with Crippen molar-refractivity contribution < 1.29 is 14.3 Å². The van der Waals surface area contributed by atoms with E-state index in [-0.39, 0.29) is 11.5 Å². The van der Waals surface area contributed by atoms with E-state index in [1.165, 1.54) is 0 Å². The van der Waals surface area contributed by atoms with Crippen LogP contribution in [0.3, 0.4) is 0 Å². The summed E-state index contributed by atoms with van der Waals surface area (Å²) in [5, 5.41) is 1.60. The summed E-state index contributed by atoms with van der Waals surface area (Å²) >= 11 is 0. The second-order valence-corrected chi connectivity index (χ2v) is 6.90. The van der Waals surface area contributed by atoms with Gasteiger partial charge in [-0.15, -0.1) is 0 Å². The molecule has 29 heavy (non-hydrogen) atoms. The Morgan fingerprint density at radius 2 is 1.62 bits per heavy atom. The largest absolute Gasteiger partial charge is 0.383 e. The minimum absolute atomic E-state index is 0.0755. The zero-order valence-electron chi connectivity index (χ0n) is 17.0. The molecule has 0 fully saturated rings. The Labute approximate surface area is 170 Å². The van der Waals surface area contributed by atoms with Crippen LogP contribution in [0.2, 0.25) is 0 Å². The number of aromatic amines is 1. The summed E-state index contributed by atoms with van der Waals surface area (Å²) < 4.78 is 10.2. The van der Waals surface area contributed by atoms with Crippen molar-refractivity contribution >= 4 is 16.7 Å². The second-order valence-electron chi connectivity index (χ2n) is 6.90. The highest BCUT2D eigenvalue weighted by atomic mass is 16.5. The summed E-state index contributed by atoms with van der Waals surface area (Å²) in [6.07, 6.45) is 0. The lowest BCUT2D eigenvalue weighted by Crippen LogP contribution is -2.36. The van der Waals surface area contributed by atoms with Crippen molar-refractivity contribution in [2.45, 2.75) is 6.92 Å². The number of H-pyrrole nitrogens is 1. The maximum absolute atomic E-state index is 12.8. The van der Waals surface area contributed by atoms with Gasteiger partial charge in [-0.1, -0.05) is 24.3 Å². The molecule has 1 heterocycles. The fraction of sp³-hybridized carbons (Fsp3) is 0.304. The van der Waals surface area contributed by atoms with Crippen LogP contribution in [0.25, 0.3) is 22.0 Å². The summed E-state index contributed by atoms with van der Waals surface area (Å²) in [5.74, 6) is -0.0755. The molecule has 0 aliphatic heterocycles. The minimum atomic E-state index is -0.119. The normalized spacial score (nSPS) is 11.0. The van der Waals surface area contributed by atoms with Gasteiger partial charge in [0.15, 0.2) is 0 Å². The molecule has 0 aliphatic rings. The van der Waals surface area contributed by atoms with E-state index in [4.69, 9.17) is 9.47 Å². The molecule has 0 saturated heterocycles. The molecular weight excluding hydrogens is 368 g/mol. The summed E-state index contributed by atoms with van der Waals surface area (Å²) in [7, 11) is 3.22. The van der Waals surface area contributed by atoms with Crippen molar-refractivity contribution in [3.8, 4) is 11.3 Å². The van der Waals surface area contributed by atoms with Crippen LogP contribution in [0.1, 0.15) is 15.9 Å². The molecule has 6 nitrogen and oxygen atoms in total. The summed E-state index contributed by atoms with van der Waals surface area (Å²) in [4.78, 5) is 29.9. The van der Waals surface area contributed by atoms with Gasteiger partial charge in [0.25, 0.3) is 11.5 Å². The molecule has 1 N–H and O–H groups in total. The Bertz CT molecular complexity index is 1030. The predicted octanol–water partition coefficient (Wildman–Crippen LogP) is 3.24. The Balaban J connectivity index is 1.88. The molecule has 1 amide bonds. The Hall–Kier alpha value is -2.96. The Morgan fingerprint density at radius 1 is 0.966 bits per heavy atom. The molecule has 0 aliphatic carbocycles. The van der Waals surface area contributed by atoms with Crippen molar-refractivity contribution in [2.24, 2.45) is 0 Å². The van der Waals surface area contributed by atoms with Crippen LogP contribution in [0.15, 0.2) is 53.3 Å². The quantitative estimate of drug-likeness (QED) is 0.637. The van der Waals surface area contributed by atoms with E-state index in [0.29, 0.717) is 37.3 Å². The topological polar surface area (TPSA) is 71.6 Å². The molecule has 3 aromatic rings. The van der Waals surface area contributed by atoms with E-state index in [1.54, 1.807) is 31.3 Å². The van der Waals surface area contributed by atoms with Gasteiger partial charge >= 0.3 is 0 Å². The van der Waals surface area contributed by atoms with Crippen molar-refractivity contribution in [3.63, 3.8) is 0 Å². The number of carbonyl (C=O) groups is 1. The number of nitrogens with zero attached hydrogens (tertiary/aromatic N) is 1. The van der Waals surface area contributed by atoms with Gasteiger partial charge in [-0.25, -0.2) is 0 Å². The number of ether oxygens (including phenoxy) is 2. The number of hydrogen-bond acceptors (Lipinski definition) is 4. The molecule has 2 aromatic carbocycles. The number of pyridine rings is 1. The van der Waals surface area contributed by atoms with E-state index in [1.807, 2.05) is 43.3 Å². The van der Waals surface area contributed by atoms with E-state index >= 15 is 0 Å². The first kappa shape index (κ1) is 20.8. The van der Waals surface area contributed by atoms with Gasteiger partial charge in [-0.2, -0.15) is 0 Å². The van der Waals surface area contributed by atoms with E-state index in [0.717, 1.165) is 22.2 Å². The molecular formula is C23H26N2O4. The molecule has 0 spiro atoms. The van der Waals surface area contributed by atoms with Gasteiger partial charge in [0.1, 0.15) is 0 Å². The molecule has 0 radical (unpaired) electrons. The second kappa shape index (κ2) is 9.49. The van der Waals surface area contributed by atoms with E-state index < -0.39 is 0 Å². The van der Waals surface area contributed by atoms with Crippen LogP contribution < -0.4 is 5.56 Å². The lowest BCUT2D eigenvalue weighted by Gasteiger charge is -2.22. The van der Waals surface area contributed by atoms with Gasteiger partial charge in [0.05, 0.1) is 13.2 Å². The number of rotatable bonds is 8. The number of fused-ring (bicyclic) bond motifs is 1. The molecule has 6 heteroatoms. The van der Waals surface area contributed by atoms with E-state index in [9.17, 15) is 9.59 Å². The summed E-state index contributed by atoms with van der Waals surface area (Å²) in [6, 6.07) is 14.9. The van der Waals surface area contributed by atoms with Crippen molar-refractivity contribution in [1.29, 1.82) is 0 Å². The SMILES string of the molecule is COCCN(CCOC)C(=O)c1ccc(-c2cc3c(C)cccc3c(=O)[nH]2)cc1. The first-order valence-corrected chi connectivity index (χ1v) is 9.55. The van der Waals surface area contributed by atoms with Gasteiger partial charge in [-0.3, -0.25) is 9.59 Å². The van der Waals surface area contributed by atoms with Crippen molar-refractivity contribution in [3.05, 3.63) is 70.0 Å². The maximum atomic E-state index is 12.8. The zero-order valence-corrected chi connectivity index (χ0v) is 17.0. The fourth-order valence-electron chi connectivity index (χ4n) is 3.29. The highest BCUT2D eigenvalue weighted by Gasteiger charge is 2.15. The zero-order chi connectivity index (χ0) is 20.8. The molecule has 3 rings (SSSR count). The number of aryl methyl sites for hydroxylation is 1. The van der Waals surface area contributed by atoms with Gasteiger partial charge in [0.2, 0.25) is 0 Å². The monoisotopic (exact) mass is 394 g/mol. The summed E-state index contributed by atoms with van der Waals surface area (Å²) in [5.41, 5.74) is 3.09. The number of benzene rings is 2. The number of carbonyl (C=O) groups excluding carboxylic acids is 1. The summed E-state index contributed by atoms with van der Waals surface area (Å²) in [6.45, 7) is 3.91. The third kappa shape index (κ3) is 4.72. The molecule has 0 saturated carbocycles. The Morgan fingerprint density at radius 3 is 2.24 bits per heavy atom. The average Bonchev–Trinajstić information content (AvgIpc) is 2.74. The number of aromatic nitrogens is 1. The lowest BCUT2D eigenvalue weighted by atomic mass is 10.0. The number of amides is 1. The lowest BCUT2D eigenvalue weighted by molar-refractivity contribution is 0.0627. The van der Waals surface area contributed by atoms with E-state index in [2.05, 4.69) is 4.98 Å². The highest BCUT2D eigenvalue weighted by molar-refractivity contribution is 5.95. The van der Waals surface area contributed by atoms with Crippen LogP contribution in [0.4, 0.5) is 0 Å². The van der Waals surface area contributed by atoms with Gasteiger partial charge in [0, 0.05) is 44.0 Å². The average molecular weight is 394 g/mol. The molecule has 1 aromatic heterocycles. The predicted molar refractivity (Wildman–Crippen MR) is 114 cm³/mol. The maximum Gasteiger partial charge on any atom is 0.256 e. The molecule has 0 bridgehead atoms. The fourth-order valence-corrected chi connectivity index (χ4v) is 3.29. The third-order valence-corrected chi connectivity index (χ3v) is 4.97. The smallest absolute Gasteiger partial charge is 0.256 e. The molecule has 0 unspecified atom stereocenters. The van der Waals surface area contributed by atoms with Gasteiger partial charge < -0.3 is 19.4 Å². The van der Waals surface area contributed by atoms with Crippen LogP contribution in [0, 0.1) is 6.92 Å². The standard InChI is InChI=1S/C23H26N2O4/c1-16-5-4-6-19-20(16)15-21(24-22(19)26)17-7-9-18(10-8-17)23(27)25(11-13-28-2)12-14-29-3/h4-10,15H,11-14H2,1-3H3,(H,24,26). The van der Waals surface area contributed by atoms with Gasteiger partial charge in [-0.05, 0) is 47.7 Å². The molecule has 0 atom stereocenters. The Kier molecular flexibility index (Phi) is 6.80. The third-order valence-electron chi connectivity index (χ3n) is 4.97. The molecule has 152 valence electrons. The van der Waals surface area contributed by atoms with Crippen LogP contribution in [0.5, 0.6) is 0 Å². The first-order chi connectivity index (χ1) is 14.0.